The van der Waals surface area contributed by atoms with Crippen molar-refractivity contribution in [3.63, 3.8) is 0 Å². The van der Waals surface area contributed by atoms with Gasteiger partial charge in [0, 0.05) is 25.7 Å². The van der Waals surface area contributed by atoms with Gasteiger partial charge in [0.1, 0.15) is 19.3 Å². The summed E-state index contributed by atoms with van der Waals surface area (Å²) < 4.78 is 68.6. The second-order valence-corrected chi connectivity index (χ2v) is 33.3. The van der Waals surface area contributed by atoms with E-state index in [-0.39, 0.29) is 25.7 Å². The highest BCUT2D eigenvalue weighted by Gasteiger charge is 2.30. The Morgan fingerprint density at radius 3 is 0.633 bits per heavy atom. The minimum absolute atomic E-state index is 0.104. The Morgan fingerprint density at radius 2 is 0.429 bits per heavy atom. The van der Waals surface area contributed by atoms with E-state index in [1.54, 1.807) is 0 Å². The number of carbonyl (C=O) groups excluding carboxylic acids is 4. The Labute approximate surface area is 600 Å². The van der Waals surface area contributed by atoms with Gasteiger partial charge in [0.2, 0.25) is 0 Å². The summed E-state index contributed by atoms with van der Waals surface area (Å²) in [6.07, 6.45) is 54.2. The van der Waals surface area contributed by atoms with Gasteiger partial charge in [-0.25, -0.2) is 9.13 Å². The SMILES string of the molecule is CC(C)CCCCCCCCCCCCCCCCCCC(=O)OC[C@H](COP(=O)(O)OCC(O)COP(=O)(O)OC[C@@H](COC(=O)CCCCCCCCCCC(C)C)OC(=O)CCCCCCCCCCC(C)C)OC(=O)CCCCCCCCCCCCCCCCC(C)C. The molecule has 582 valence electrons. The normalized spacial score (nSPS) is 14.1. The van der Waals surface area contributed by atoms with Crippen LogP contribution in [0.3, 0.4) is 0 Å². The number of hydrogen-bond acceptors (Lipinski definition) is 15. The van der Waals surface area contributed by atoms with E-state index in [1.807, 2.05) is 0 Å². The molecule has 0 saturated carbocycles. The van der Waals surface area contributed by atoms with Gasteiger partial charge in [0.25, 0.3) is 0 Å². The van der Waals surface area contributed by atoms with E-state index in [2.05, 4.69) is 55.4 Å². The molecule has 0 aliphatic rings. The van der Waals surface area contributed by atoms with Crippen molar-refractivity contribution in [3.05, 3.63) is 0 Å². The Hall–Kier alpha value is -1.94. The van der Waals surface area contributed by atoms with E-state index in [1.165, 1.54) is 205 Å². The number of ether oxygens (including phenoxy) is 4. The molecule has 0 fully saturated rings. The molecule has 0 rings (SSSR count). The van der Waals surface area contributed by atoms with Crippen LogP contribution in [-0.4, -0.2) is 96.7 Å². The molecule has 3 N–H and O–H groups in total. The molecule has 17 nitrogen and oxygen atoms in total. The third-order valence-electron chi connectivity index (χ3n) is 18.3. The summed E-state index contributed by atoms with van der Waals surface area (Å²) in [6.45, 7) is 14.2. The van der Waals surface area contributed by atoms with E-state index in [4.69, 9.17) is 37.0 Å². The van der Waals surface area contributed by atoms with Crippen molar-refractivity contribution in [2.45, 2.75) is 420 Å². The average Bonchev–Trinajstić information content (AvgIpc) is 0.952. The van der Waals surface area contributed by atoms with Crippen LogP contribution in [0.15, 0.2) is 0 Å². The zero-order chi connectivity index (χ0) is 72.4. The molecule has 0 aliphatic carbocycles. The summed E-state index contributed by atoms with van der Waals surface area (Å²) >= 11 is 0. The number of esters is 4. The lowest BCUT2D eigenvalue weighted by atomic mass is 10.0. The quantitative estimate of drug-likeness (QED) is 0.0222. The second kappa shape index (κ2) is 68.2. The van der Waals surface area contributed by atoms with Gasteiger partial charge in [0.15, 0.2) is 12.2 Å². The Balaban J connectivity index is 5.23. The first-order valence-electron chi connectivity index (χ1n) is 40.7. The van der Waals surface area contributed by atoms with Gasteiger partial charge >= 0.3 is 39.5 Å². The minimum Gasteiger partial charge on any atom is -0.462 e. The molecule has 0 aromatic rings. The van der Waals surface area contributed by atoms with Crippen molar-refractivity contribution >= 4 is 39.5 Å². The summed E-state index contributed by atoms with van der Waals surface area (Å²) in [4.78, 5) is 72.9. The molecule has 0 radical (unpaired) electrons. The van der Waals surface area contributed by atoms with Crippen molar-refractivity contribution < 1.29 is 80.2 Å². The number of hydrogen-bond donors (Lipinski definition) is 3. The fraction of sp³-hybridized carbons (Fsp3) is 0.949. The van der Waals surface area contributed by atoms with Crippen LogP contribution >= 0.6 is 15.6 Å². The number of aliphatic hydroxyl groups is 1. The molecule has 0 amide bonds. The maximum absolute atomic E-state index is 13.1. The number of phosphoric ester groups is 2. The van der Waals surface area contributed by atoms with Crippen molar-refractivity contribution in [1.29, 1.82) is 0 Å². The maximum atomic E-state index is 13.1. The van der Waals surface area contributed by atoms with Crippen LogP contribution in [0.25, 0.3) is 0 Å². The highest BCUT2D eigenvalue weighted by molar-refractivity contribution is 7.47. The molecule has 5 atom stereocenters. The first-order valence-corrected chi connectivity index (χ1v) is 43.7. The van der Waals surface area contributed by atoms with Gasteiger partial charge in [-0.3, -0.25) is 37.3 Å². The van der Waals surface area contributed by atoms with Crippen LogP contribution in [0.1, 0.15) is 402 Å². The van der Waals surface area contributed by atoms with E-state index < -0.39 is 97.5 Å². The van der Waals surface area contributed by atoms with Crippen molar-refractivity contribution in [2.75, 3.05) is 39.6 Å². The number of carbonyl (C=O) groups is 4. The smallest absolute Gasteiger partial charge is 0.462 e. The lowest BCUT2D eigenvalue weighted by Crippen LogP contribution is -2.30. The van der Waals surface area contributed by atoms with Crippen LogP contribution in [-0.2, 0) is 65.4 Å². The summed E-state index contributed by atoms with van der Waals surface area (Å²) in [5.41, 5.74) is 0. The van der Waals surface area contributed by atoms with Crippen LogP contribution in [0.5, 0.6) is 0 Å². The highest BCUT2D eigenvalue weighted by Crippen LogP contribution is 2.45. The van der Waals surface area contributed by atoms with Gasteiger partial charge in [-0.15, -0.1) is 0 Å². The molecular weight excluding hydrogens is 1280 g/mol. The molecule has 0 bridgehead atoms. The number of rotatable bonds is 76. The zero-order valence-corrected chi connectivity index (χ0v) is 66.2. The topological polar surface area (TPSA) is 237 Å². The van der Waals surface area contributed by atoms with Crippen LogP contribution in [0.2, 0.25) is 0 Å². The highest BCUT2D eigenvalue weighted by atomic mass is 31.2. The molecule has 98 heavy (non-hydrogen) atoms. The molecule has 0 spiro atoms. The molecule has 0 aromatic carbocycles. The van der Waals surface area contributed by atoms with E-state index in [0.29, 0.717) is 25.7 Å². The van der Waals surface area contributed by atoms with Gasteiger partial charge in [-0.2, -0.15) is 0 Å². The lowest BCUT2D eigenvalue weighted by molar-refractivity contribution is -0.161. The van der Waals surface area contributed by atoms with Crippen molar-refractivity contribution in [3.8, 4) is 0 Å². The van der Waals surface area contributed by atoms with Crippen LogP contribution in [0.4, 0.5) is 0 Å². The molecule has 3 unspecified atom stereocenters. The van der Waals surface area contributed by atoms with E-state index >= 15 is 0 Å². The molecule has 19 heteroatoms. The van der Waals surface area contributed by atoms with E-state index in [9.17, 15) is 43.2 Å². The average molecular weight is 1440 g/mol. The standard InChI is InChI=1S/C79H154O17P2/c1-69(2)55-47-39-31-23-19-15-11-9-10-12-17-21-25-35-43-51-59-76(81)89-65-74(95-78(83)61-53-45-37-26-22-18-14-13-16-20-24-32-40-48-56-70(3)4)67-93-97(85,86)91-63-73(80)64-92-98(87,88)94-68-75(96-79(84)62-54-46-38-30-28-34-42-50-58-72(7)8)66-90-77(82)60-52-44-36-29-27-33-41-49-57-71(5)6/h69-75,80H,9-68H2,1-8H3,(H,85,86)(H,87,88)/t73?,74-,75-/m1/s1. The summed E-state index contributed by atoms with van der Waals surface area (Å²) in [6, 6.07) is 0. The maximum Gasteiger partial charge on any atom is 0.472 e. The van der Waals surface area contributed by atoms with Gasteiger partial charge in [0.05, 0.1) is 26.4 Å². The molecular formula is C79H154O17P2. The number of unbranched alkanes of at least 4 members (excludes halogenated alkanes) is 42. The van der Waals surface area contributed by atoms with Gasteiger partial charge in [-0.1, -0.05) is 351 Å². The first kappa shape index (κ1) is 96.1. The Morgan fingerprint density at radius 1 is 0.255 bits per heavy atom. The molecule has 0 heterocycles. The van der Waals surface area contributed by atoms with Crippen molar-refractivity contribution in [2.24, 2.45) is 23.7 Å². The molecule has 0 aromatic heterocycles. The number of phosphoric acid groups is 2. The number of aliphatic hydroxyl groups excluding tert-OH is 1. The third kappa shape index (κ3) is 72.4. The molecule has 0 aliphatic heterocycles. The predicted octanol–water partition coefficient (Wildman–Crippen LogP) is 23.2. The summed E-state index contributed by atoms with van der Waals surface area (Å²) in [5, 5.41) is 10.6. The summed E-state index contributed by atoms with van der Waals surface area (Å²) in [5.74, 6) is 0.934. The first-order chi connectivity index (χ1) is 47.1. The van der Waals surface area contributed by atoms with E-state index in [0.717, 1.165) is 114 Å². The van der Waals surface area contributed by atoms with Crippen LogP contribution in [0, 0.1) is 23.7 Å². The lowest BCUT2D eigenvalue weighted by Gasteiger charge is -2.21. The fourth-order valence-corrected chi connectivity index (χ4v) is 13.7. The largest absolute Gasteiger partial charge is 0.472 e. The molecule has 0 saturated heterocycles. The van der Waals surface area contributed by atoms with Gasteiger partial charge < -0.3 is 33.8 Å². The Bertz CT molecular complexity index is 1920. The second-order valence-electron chi connectivity index (χ2n) is 30.4. The summed E-state index contributed by atoms with van der Waals surface area (Å²) in [7, 11) is -9.92. The van der Waals surface area contributed by atoms with Gasteiger partial charge in [-0.05, 0) is 49.4 Å². The fourth-order valence-electron chi connectivity index (χ4n) is 12.1. The predicted molar refractivity (Wildman–Crippen MR) is 400 cm³/mol. The zero-order valence-electron chi connectivity index (χ0n) is 64.4. The minimum atomic E-state index is -4.96. The third-order valence-corrected chi connectivity index (χ3v) is 20.2. The monoisotopic (exact) mass is 1440 g/mol. The van der Waals surface area contributed by atoms with Crippen molar-refractivity contribution in [1.82, 2.24) is 0 Å². The Kier molecular flexibility index (Phi) is 66.8. The van der Waals surface area contributed by atoms with Crippen LogP contribution < -0.4 is 0 Å².